The molecule has 4 rings (SSSR count). The van der Waals surface area contributed by atoms with Crippen LogP contribution in [0.3, 0.4) is 0 Å². The number of anilines is 2. The van der Waals surface area contributed by atoms with E-state index in [2.05, 4.69) is 41.4 Å². The Morgan fingerprint density at radius 3 is 2.57 bits per heavy atom. The molecule has 3 aromatic rings. The van der Waals surface area contributed by atoms with Gasteiger partial charge in [0.25, 0.3) is 5.91 Å². The van der Waals surface area contributed by atoms with Crippen LogP contribution in [0.15, 0.2) is 81.7 Å². The highest BCUT2D eigenvalue weighted by Crippen LogP contribution is 2.30. The van der Waals surface area contributed by atoms with Gasteiger partial charge in [0.05, 0.1) is 5.69 Å². The Labute approximate surface area is 170 Å². The monoisotopic (exact) mass is 434 g/mol. The number of amides is 1. The molecule has 3 heterocycles. The summed E-state index contributed by atoms with van der Waals surface area (Å²) in [5.74, 6) is 0.783. The summed E-state index contributed by atoms with van der Waals surface area (Å²) < 4.78 is 0.864. The maximum atomic E-state index is 12.6. The summed E-state index contributed by atoms with van der Waals surface area (Å²) >= 11 is 3.44. The zero-order chi connectivity index (χ0) is 19.5. The second-order valence-corrected chi connectivity index (χ2v) is 6.89. The number of carbonyl (C=O) groups excluding carboxylic acids is 1. The quantitative estimate of drug-likeness (QED) is 0.388. The van der Waals surface area contributed by atoms with Crippen LogP contribution in [0.5, 0.6) is 0 Å². The van der Waals surface area contributed by atoms with Gasteiger partial charge in [-0.1, -0.05) is 28.1 Å². The molecule has 138 valence electrons. The first kappa shape index (κ1) is 18.0. The maximum Gasteiger partial charge on any atom is 0.279 e. The van der Waals surface area contributed by atoms with Crippen LogP contribution in [0.25, 0.3) is 0 Å². The van der Waals surface area contributed by atoms with E-state index in [0.717, 1.165) is 15.7 Å². The van der Waals surface area contributed by atoms with Crippen LogP contribution < -0.4 is 10.2 Å². The molecule has 0 fully saturated rings. The number of aromatic nitrogens is 2. The first-order valence-corrected chi connectivity index (χ1v) is 9.26. The number of pyridine rings is 2. The second kappa shape index (κ2) is 7.69. The highest BCUT2D eigenvalue weighted by atomic mass is 79.9. The van der Waals surface area contributed by atoms with Crippen LogP contribution in [-0.4, -0.2) is 34.5 Å². The number of hydrogen-bond donors (Lipinski definition) is 1. The van der Waals surface area contributed by atoms with Gasteiger partial charge in [-0.2, -0.15) is 0 Å². The zero-order valence-electron chi connectivity index (χ0n) is 14.9. The molecule has 1 aliphatic heterocycles. The Hall–Kier alpha value is -3.39. The van der Waals surface area contributed by atoms with Crippen molar-refractivity contribution in [3.63, 3.8) is 0 Å². The zero-order valence-corrected chi connectivity index (χ0v) is 16.5. The van der Waals surface area contributed by atoms with Gasteiger partial charge in [-0.25, -0.2) is 4.98 Å². The molecule has 0 radical (unpaired) electrons. The lowest BCUT2D eigenvalue weighted by atomic mass is 10.1. The normalized spacial score (nSPS) is 15.1. The minimum absolute atomic E-state index is 0.213. The molecule has 8 heteroatoms. The maximum absolute atomic E-state index is 12.6. The fourth-order valence-electron chi connectivity index (χ4n) is 2.77. The summed E-state index contributed by atoms with van der Waals surface area (Å²) in [6.45, 7) is 0. The third-order valence-electron chi connectivity index (χ3n) is 4.15. The van der Waals surface area contributed by atoms with Crippen LogP contribution in [0.1, 0.15) is 11.3 Å². The van der Waals surface area contributed by atoms with E-state index in [0.29, 0.717) is 17.3 Å². The van der Waals surface area contributed by atoms with Crippen LogP contribution >= 0.6 is 15.9 Å². The topological polar surface area (TPSA) is 82.8 Å². The molecule has 0 aliphatic carbocycles. The van der Waals surface area contributed by atoms with E-state index in [1.54, 1.807) is 24.3 Å². The summed E-state index contributed by atoms with van der Waals surface area (Å²) in [5, 5.41) is 11.7. The molecule has 0 spiro atoms. The average molecular weight is 435 g/mol. The number of nitrogens with zero attached hydrogens (tertiary/aromatic N) is 5. The average Bonchev–Trinajstić information content (AvgIpc) is 2.96. The Bertz CT molecular complexity index is 1080. The number of benzene rings is 1. The van der Waals surface area contributed by atoms with Crippen LogP contribution in [0.4, 0.5) is 11.5 Å². The van der Waals surface area contributed by atoms with Gasteiger partial charge in [-0.05, 0) is 42.5 Å². The number of nitrogens with one attached hydrogen (secondary N) is 1. The van der Waals surface area contributed by atoms with Gasteiger partial charge >= 0.3 is 0 Å². The summed E-state index contributed by atoms with van der Waals surface area (Å²) in [4.78, 5) is 22.8. The molecule has 1 amide bonds. The number of fused-ring (bicyclic) bond motifs is 1. The van der Waals surface area contributed by atoms with Crippen molar-refractivity contribution in [1.29, 1.82) is 0 Å². The predicted octanol–water partition coefficient (Wildman–Crippen LogP) is 3.48. The van der Waals surface area contributed by atoms with Gasteiger partial charge in [-0.3, -0.25) is 9.78 Å². The molecule has 28 heavy (non-hydrogen) atoms. The third kappa shape index (κ3) is 3.54. The standard InChI is InChI=1S/C20H15BrN6O/c1-27-16-9-8-13(21)12-14(16)18(20(27)28)25-26-19(15-6-2-4-10-22-15)24-17-7-3-5-11-23-17/h2-12H,1H3,(H,23,24,26)/b25-18-. The van der Waals surface area contributed by atoms with Gasteiger partial charge in [0.1, 0.15) is 11.5 Å². The fraction of sp³-hybridized carbons (Fsp3) is 0.0500. The molecule has 0 unspecified atom stereocenters. The summed E-state index contributed by atoms with van der Waals surface area (Å²) in [5.41, 5.74) is 2.38. The lowest BCUT2D eigenvalue weighted by molar-refractivity contribution is -0.111. The SMILES string of the molecule is CN1C(=O)/C(=N\N=C(\Nc2ccccn2)c2ccccn2)c2cc(Br)ccc21. The summed E-state index contributed by atoms with van der Waals surface area (Å²) in [6.07, 6.45) is 3.34. The number of likely N-dealkylation sites (N-methyl/N-ethyl adjacent to an activating group) is 1. The van der Waals surface area contributed by atoms with Crippen LogP contribution in [-0.2, 0) is 4.79 Å². The number of hydrogen-bond acceptors (Lipinski definition) is 5. The van der Waals surface area contributed by atoms with Crippen molar-refractivity contribution in [2.24, 2.45) is 10.2 Å². The molecule has 1 aromatic carbocycles. The van der Waals surface area contributed by atoms with E-state index in [4.69, 9.17) is 0 Å². The first-order chi connectivity index (χ1) is 13.6. The number of halogens is 1. The number of rotatable bonds is 3. The Morgan fingerprint density at radius 2 is 1.86 bits per heavy atom. The first-order valence-electron chi connectivity index (χ1n) is 8.46. The van der Waals surface area contributed by atoms with Crippen molar-refractivity contribution in [2.45, 2.75) is 0 Å². The molecule has 1 N–H and O–H groups in total. The van der Waals surface area contributed by atoms with E-state index < -0.39 is 0 Å². The van der Waals surface area contributed by atoms with Gasteiger partial charge < -0.3 is 10.2 Å². The molecule has 0 saturated carbocycles. The Kier molecular flexibility index (Phi) is 4.94. The predicted molar refractivity (Wildman–Crippen MR) is 113 cm³/mol. The lowest BCUT2D eigenvalue weighted by Crippen LogP contribution is -2.25. The van der Waals surface area contributed by atoms with E-state index in [1.807, 2.05) is 54.6 Å². The Balaban J connectivity index is 1.77. The molecule has 2 aromatic heterocycles. The van der Waals surface area contributed by atoms with Crippen molar-refractivity contribution >= 4 is 44.9 Å². The summed E-state index contributed by atoms with van der Waals surface area (Å²) in [6, 6.07) is 16.6. The van der Waals surface area contributed by atoms with Gasteiger partial charge in [-0.15, -0.1) is 10.2 Å². The van der Waals surface area contributed by atoms with Gasteiger partial charge in [0, 0.05) is 29.5 Å². The van der Waals surface area contributed by atoms with Crippen LogP contribution in [0.2, 0.25) is 0 Å². The lowest BCUT2D eigenvalue weighted by Gasteiger charge is -2.08. The van der Waals surface area contributed by atoms with Crippen LogP contribution in [0, 0.1) is 0 Å². The minimum Gasteiger partial charge on any atom is -0.322 e. The molecule has 0 bridgehead atoms. The molecular formula is C20H15BrN6O. The second-order valence-electron chi connectivity index (χ2n) is 5.98. The smallest absolute Gasteiger partial charge is 0.279 e. The van der Waals surface area contributed by atoms with Crippen molar-refractivity contribution < 1.29 is 4.79 Å². The molecule has 0 atom stereocenters. The minimum atomic E-state index is -0.213. The Morgan fingerprint density at radius 1 is 1.07 bits per heavy atom. The van der Waals surface area contributed by atoms with Crippen molar-refractivity contribution in [2.75, 3.05) is 17.3 Å². The highest BCUT2D eigenvalue weighted by molar-refractivity contribution is 9.10. The molecule has 1 aliphatic rings. The van der Waals surface area contributed by atoms with E-state index >= 15 is 0 Å². The molecular weight excluding hydrogens is 420 g/mol. The third-order valence-corrected chi connectivity index (χ3v) is 4.64. The molecule has 0 saturated heterocycles. The number of carbonyl (C=O) groups is 1. The van der Waals surface area contributed by atoms with E-state index in [-0.39, 0.29) is 11.6 Å². The van der Waals surface area contributed by atoms with Crippen molar-refractivity contribution in [3.05, 3.63) is 82.7 Å². The van der Waals surface area contributed by atoms with Crippen molar-refractivity contribution in [3.8, 4) is 0 Å². The molecule has 7 nitrogen and oxygen atoms in total. The van der Waals surface area contributed by atoms with Gasteiger partial charge in [0.2, 0.25) is 0 Å². The summed E-state index contributed by atoms with van der Waals surface area (Å²) in [7, 11) is 1.72. The highest BCUT2D eigenvalue weighted by Gasteiger charge is 2.31. The van der Waals surface area contributed by atoms with E-state index in [9.17, 15) is 4.79 Å². The number of amidine groups is 1. The van der Waals surface area contributed by atoms with E-state index in [1.165, 1.54) is 0 Å². The van der Waals surface area contributed by atoms with Gasteiger partial charge in [0.15, 0.2) is 11.5 Å². The largest absolute Gasteiger partial charge is 0.322 e. The fourth-order valence-corrected chi connectivity index (χ4v) is 3.13. The van der Waals surface area contributed by atoms with Crippen molar-refractivity contribution in [1.82, 2.24) is 9.97 Å².